The maximum absolute atomic E-state index is 11.8. The molecule has 3 nitrogen and oxygen atoms in total. The van der Waals surface area contributed by atoms with E-state index in [1.165, 1.54) is 30.7 Å². The van der Waals surface area contributed by atoms with Crippen LogP contribution in [0, 0.1) is 5.92 Å². The predicted octanol–water partition coefficient (Wildman–Crippen LogP) is 3.51. The number of hydrogen-bond donors (Lipinski definition) is 1. The van der Waals surface area contributed by atoms with Gasteiger partial charge in [0.25, 0.3) is 0 Å². The standard InChI is InChI=1S/C15H24N2OS/c1-11(2)15-17-13(10-19-15)7-8-16-14(18)9-12-5-3-4-6-12/h10-12H,3-9H2,1-2H3,(H,16,18). The summed E-state index contributed by atoms with van der Waals surface area (Å²) in [6.45, 7) is 5.03. The fraction of sp³-hybridized carbons (Fsp3) is 0.733. The number of nitrogens with zero attached hydrogens (tertiary/aromatic N) is 1. The lowest BCUT2D eigenvalue weighted by Gasteiger charge is -2.08. The second-order valence-corrected chi connectivity index (χ2v) is 6.68. The molecule has 1 N–H and O–H groups in total. The summed E-state index contributed by atoms with van der Waals surface area (Å²) in [5, 5.41) is 6.32. The van der Waals surface area contributed by atoms with Crippen LogP contribution in [0.1, 0.15) is 62.6 Å². The van der Waals surface area contributed by atoms with Gasteiger partial charge in [0.1, 0.15) is 0 Å². The molecule has 1 aromatic rings. The molecule has 1 fully saturated rings. The van der Waals surface area contributed by atoms with E-state index in [2.05, 4.69) is 29.5 Å². The van der Waals surface area contributed by atoms with E-state index in [1.54, 1.807) is 11.3 Å². The van der Waals surface area contributed by atoms with Crippen molar-refractivity contribution in [1.29, 1.82) is 0 Å². The molecule has 0 aliphatic heterocycles. The van der Waals surface area contributed by atoms with Crippen molar-refractivity contribution in [2.75, 3.05) is 6.54 Å². The van der Waals surface area contributed by atoms with Crippen LogP contribution in [0.3, 0.4) is 0 Å². The van der Waals surface area contributed by atoms with Crippen molar-refractivity contribution in [1.82, 2.24) is 10.3 Å². The van der Waals surface area contributed by atoms with Gasteiger partial charge in [-0.2, -0.15) is 0 Å². The summed E-state index contributed by atoms with van der Waals surface area (Å²) in [7, 11) is 0. The first-order chi connectivity index (χ1) is 9.15. The zero-order chi connectivity index (χ0) is 13.7. The Bertz CT molecular complexity index is 408. The lowest BCUT2D eigenvalue weighted by molar-refractivity contribution is -0.121. The quantitative estimate of drug-likeness (QED) is 0.866. The minimum absolute atomic E-state index is 0.214. The number of aromatic nitrogens is 1. The van der Waals surface area contributed by atoms with Crippen LogP contribution < -0.4 is 5.32 Å². The van der Waals surface area contributed by atoms with Crippen LogP contribution in [0.4, 0.5) is 0 Å². The van der Waals surface area contributed by atoms with Crippen molar-refractivity contribution in [2.45, 2.75) is 58.3 Å². The zero-order valence-electron chi connectivity index (χ0n) is 11.9. The summed E-state index contributed by atoms with van der Waals surface area (Å²) in [5.74, 6) is 1.34. The van der Waals surface area contributed by atoms with E-state index in [9.17, 15) is 4.79 Å². The van der Waals surface area contributed by atoms with Crippen molar-refractivity contribution >= 4 is 17.2 Å². The number of rotatable bonds is 6. The van der Waals surface area contributed by atoms with Crippen LogP contribution in [0.25, 0.3) is 0 Å². The van der Waals surface area contributed by atoms with Crippen LogP contribution in [0.2, 0.25) is 0 Å². The smallest absolute Gasteiger partial charge is 0.220 e. The molecule has 19 heavy (non-hydrogen) atoms. The lowest BCUT2D eigenvalue weighted by atomic mass is 10.0. The minimum atomic E-state index is 0.214. The Hall–Kier alpha value is -0.900. The van der Waals surface area contributed by atoms with Crippen molar-refractivity contribution in [3.8, 4) is 0 Å². The number of nitrogens with one attached hydrogen (secondary N) is 1. The van der Waals surface area contributed by atoms with Gasteiger partial charge in [0.05, 0.1) is 10.7 Å². The number of carbonyl (C=O) groups is 1. The second-order valence-electron chi connectivity index (χ2n) is 5.79. The van der Waals surface area contributed by atoms with E-state index in [0.29, 0.717) is 24.8 Å². The maximum atomic E-state index is 11.8. The number of carbonyl (C=O) groups excluding carboxylic acids is 1. The van der Waals surface area contributed by atoms with Crippen LogP contribution in [-0.4, -0.2) is 17.4 Å². The van der Waals surface area contributed by atoms with E-state index in [0.717, 1.165) is 12.1 Å². The van der Waals surface area contributed by atoms with Gasteiger partial charge in [-0.1, -0.05) is 26.7 Å². The Morgan fingerprint density at radius 2 is 2.21 bits per heavy atom. The lowest BCUT2D eigenvalue weighted by Crippen LogP contribution is -2.27. The third kappa shape index (κ3) is 4.60. The first kappa shape index (κ1) is 14.5. The maximum Gasteiger partial charge on any atom is 0.220 e. The zero-order valence-corrected chi connectivity index (χ0v) is 12.8. The third-order valence-corrected chi connectivity index (χ3v) is 4.91. The first-order valence-corrected chi connectivity index (χ1v) is 8.24. The minimum Gasteiger partial charge on any atom is -0.356 e. The molecular formula is C15H24N2OS. The van der Waals surface area contributed by atoms with Crippen LogP contribution in [0.5, 0.6) is 0 Å². The molecule has 4 heteroatoms. The molecule has 1 aromatic heterocycles. The SMILES string of the molecule is CC(C)c1nc(CCNC(=O)CC2CCCC2)cs1. The fourth-order valence-electron chi connectivity index (χ4n) is 2.58. The first-order valence-electron chi connectivity index (χ1n) is 7.36. The van der Waals surface area contributed by atoms with Gasteiger partial charge in [-0.25, -0.2) is 4.98 Å². The van der Waals surface area contributed by atoms with Gasteiger partial charge >= 0.3 is 0 Å². The molecule has 0 saturated heterocycles. The molecule has 106 valence electrons. The Morgan fingerprint density at radius 3 is 2.84 bits per heavy atom. The molecule has 1 aliphatic rings. The molecule has 0 aromatic carbocycles. The number of thiazole rings is 1. The predicted molar refractivity (Wildman–Crippen MR) is 79.5 cm³/mol. The van der Waals surface area contributed by atoms with Crippen molar-refractivity contribution in [3.63, 3.8) is 0 Å². The average molecular weight is 280 g/mol. The van der Waals surface area contributed by atoms with E-state index >= 15 is 0 Å². The van der Waals surface area contributed by atoms with Crippen LogP contribution in [0.15, 0.2) is 5.38 Å². The summed E-state index contributed by atoms with van der Waals surface area (Å²) < 4.78 is 0. The highest BCUT2D eigenvalue weighted by molar-refractivity contribution is 7.09. The molecule has 0 radical (unpaired) electrons. The van der Waals surface area contributed by atoms with Gasteiger partial charge in [0, 0.05) is 30.7 Å². The Kier molecular flexibility index (Phi) is 5.37. The summed E-state index contributed by atoms with van der Waals surface area (Å²) >= 11 is 1.72. The highest BCUT2D eigenvalue weighted by atomic mass is 32.1. The number of hydrogen-bond acceptors (Lipinski definition) is 3. The topological polar surface area (TPSA) is 42.0 Å². The molecule has 0 bridgehead atoms. The van der Waals surface area contributed by atoms with Gasteiger partial charge in [0.15, 0.2) is 0 Å². The van der Waals surface area contributed by atoms with E-state index in [1.807, 2.05) is 0 Å². The van der Waals surface area contributed by atoms with Gasteiger partial charge in [-0.05, 0) is 18.8 Å². The van der Waals surface area contributed by atoms with Crippen LogP contribution in [-0.2, 0) is 11.2 Å². The third-order valence-electron chi connectivity index (χ3n) is 3.72. The Labute approximate surface area is 119 Å². The Balaban J connectivity index is 1.66. The summed E-state index contributed by atoms with van der Waals surface area (Å²) in [6.07, 6.45) is 6.63. The second kappa shape index (κ2) is 7.04. The molecule has 1 saturated carbocycles. The largest absolute Gasteiger partial charge is 0.356 e. The summed E-state index contributed by atoms with van der Waals surface area (Å²) in [4.78, 5) is 16.4. The van der Waals surface area contributed by atoms with E-state index in [-0.39, 0.29) is 5.91 Å². The molecular weight excluding hydrogens is 256 g/mol. The highest BCUT2D eigenvalue weighted by Crippen LogP contribution is 2.27. The summed E-state index contributed by atoms with van der Waals surface area (Å²) in [6, 6.07) is 0. The van der Waals surface area contributed by atoms with E-state index < -0.39 is 0 Å². The molecule has 1 amide bonds. The molecule has 2 rings (SSSR count). The van der Waals surface area contributed by atoms with Gasteiger partial charge < -0.3 is 5.32 Å². The van der Waals surface area contributed by atoms with Crippen molar-refractivity contribution in [3.05, 3.63) is 16.1 Å². The summed E-state index contributed by atoms with van der Waals surface area (Å²) in [5.41, 5.74) is 1.11. The fourth-order valence-corrected chi connectivity index (χ4v) is 3.45. The molecule has 1 aliphatic carbocycles. The number of amides is 1. The Morgan fingerprint density at radius 1 is 1.47 bits per heavy atom. The highest BCUT2D eigenvalue weighted by Gasteiger charge is 2.18. The van der Waals surface area contributed by atoms with Gasteiger partial charge in [-0.3, -0.25) is 4.79 Å². The van der Waals surface area contributed by atoms with Crippen molar-refractivity contribution < 1.29 is 4.79 Å². The molecule has 1 heterocycles. The molecule has 0 unspecified atom stereocenters. The van der Waals surface area contributed by atoms with Gasteiger partial charge in [-0.15, -0.1) is 11.3 Å². The van der Waals surface area contributed by atoms with Crippen molar-refractivity contribution in [2.24, 2.45) is 5.92 Å². The normalized spacial score (nSPS) is 16.2. The van der Waals surface area contributed by atoms with Gasteiger partial charge in [0.2, 0.25) is 5.91 Å². The molecule has 0 spiro atoms. The monoisotopic (exact) mass is 280 g/mol. The molecule has 0 atom stereocenters. The van der Waals surface area contributed by atoms with Crippen LogP contribution >= 0.6 is 11.3 Å². The van der Waals surface area contributed by atoms with E-state index in [4.69, 9.17) is 0 Å². The average Bonchev–Trinajstić information content (AvgIpc) is 3.00.